The van der Waals surface area contributed by atoms with Crippen LogP contribution in [0.4, 0.5) is 5.69 Å². The predicted molar refractivity (Wildman–Crippen MR) is 120 cm³/mol. The van der Waals surface area contributed by atoms with E-state index in [0.29, 0.717) is 29.8 Å². The first-order valence-electron chi connectivity index (χ1n) is 9.51. The van der Waals surface area contributed by atoms with Crippen LogP contribution in [0.15, 0.2) is 71.1 Å². The number of ether oxygens (including phenoxy) is 2. The summed E-state index contributed by atoms with van der Waals surface area (Å²) in [5.74, 6) is 1.54. The first-order chi connectivity index (χ1) is 14.1. The molecule has 3 rings (SSSR count). The van der Waals surface area contributed by atoms with Gasteiger partial charge in [0.2, 0.25) is 0 Å². The van der Waals surface area contributed by atoms with Gasteiger partial charge >= 0.3 is 0 Å². The molecule has 1 heterocycles. The van der Waals surface area contributed by atoms with Crippen molar-refractivity contribution in [2.75, 3.05) is 19.8 Å². The van der Waals surface area contributed by atoms with E-state index in [0.717, 1.165) is 22.7 Å². The van der Waals surface area contributed by atoms with Crippen molar-refractivity contribution in [1.29, 1.82) is 0 Å². The summed E-state index contributed by atoms with van der Waals surface area (Å²) in [6.07, 6.45) is 3.59. The summed E-state index contributed by atoms with van der Waals surface area (Å²) >= 11 is 1.39. The van der Waals surface area contributed by atoms with Crippen LogP contribution in [0.2, 0.25) is 0 Å². The summed E-state index contributed by atoms with van der Waals surface area (Å²) in [5, 5.41) is 0.679. The summed E-state index contributed by atoms with van der Waals surface area (Å²) < 4.78 is 11.0. The lowest BCUT2D eigenvalue weighted by molar-refractivity contribution is -0.122. The van der Waals surface area contributed by atoms with Crippen molar-refractivity contribution in [3.05, 3.63) is 71.7 Å². The Balaban J connectivity index is 1.79. The van der Waals surface area contributed by atoms with Gasteiger partial charge in [-0.3, -0.25) is 9.69 Å². The summed E-state index contributed by atoms with van der Waals surface area (Å²) in [7, 11) is 0. The fourth-order valence-corrected chi connectivity index (χ4v) is 3.79. The Hall–Kier alpha value is -2.99. The topological polar surface area (TPSA) is 51.1 Å². The Morgan fingerprint density at radius 1 is 1.03 bits per heavy atom. The van der Waals surface area contributed by atoms with Gasteiger partial charge in [0.05, 0.1) is 17.2 Å². The molecule has 6 heteroatoms. The number of amides is 1. The number of carbonyl (C=O) groups is 1. The fourth-order valence-electron chi connectivity index (χ4n) is 2.73. The van der Waals surface area contributed by atoms with E-state index in [1.165, 1.54) is 11.8 Å². The average Bonchev–Trinajstić information content (AvgIpc) is 3.03. The summed E-state index contributed by atoms with van der Waals surface area (Å²) in [5.41, 5.74) is 1.72. The molecule has 1 saturated heterocycles. The van der Waals surface area contributed by atoms with Crippen LogP contribution in [0.1, 0.15) is 19.4 Å². The first kappa shape index (κ1) is 20.7. The van der Waals surface area contributed by atoms with Gasteiger partial charge in [0.15, 0.2) is 5.17 Å². The number of amidine groups is 1. The molecule has 0 bridgehead atoms. The summed E-state index contributed by atoms with van der Waals surface area (Å²) in [6, 6.07) is 15.2. The van der Waals surface area contributed by atoms with Crippen molar-refractivity contribution in [2.24, 2.45) is 4.99 Å². The molecule has 5 nitrogen and oxygen atoms in total. The monoisotopic (exact) mass is 408 g/mol. The minimum absolute atomic E-state index is 0.0332. The zero-order chi connectivity index (χ0) is 20.6. The molecule has 0 atom stereocenters. The molecule has 29 heavy (non-hydrogen) atoms. The Morgan fingerprint density at radius 2 is 1.69 bits per heavy atom. The smallest absolute Gasteiger partial charge is 0.266 e. The Morgan fingerprint density at radius 3 is 2.31 bits per heavy atom. The van der Waals surface area contributed by atoms with Crippen LogP contribution in [0.5, 0.6) is 11.5 Å². The van der Waals surface area contributed by atoms with E-state index in [2.05, 4.69) is 11.6 Å². The van der Waals surface area contributed by atoms with E-state index >= 15 is 0 Å². The van der Waals surface area contributed by atoms with E-state index in [1.54, 1.807) is 11.0 Å². The van der Waals surface area contributed by atoms with Crippen LogP contribution >= 0.6 is 11.8 Å². The number of hydrogen-bond acceptors (Lipinski definition) is 5. The molecule has 1 fully saturated rings. The van der Waals surface area contributed by atoms with Gasteiger partial charge in [-0.05, 0) is 73.6 Å². The second-order valence-corrected chi connectivity index (χ2v) is 7.16. The summed E-state index contributed by atoms with van der Waals surface area (Å²) in [4.78, 5) is 19.8. The van der Waals surface area contributed by atoms with Gasteiger partial charge in [0, 0.05) is 6.54 Å². The third-order valence-corrected chi connectivity index (χ3v) is 5.13. The number of rotatable bonds is 8. The largest absolute Gasteiger partial charge is 0.494 e. The third kappa shape index (κ3) is 5.29. The van der Waals surface area contributed by atoms with Crippen LogP contribution in [0.3, 0.4) is 0 Å². The number of aliphatic imine (C=N–C) groups is 1. The first-order valence-corrected chi connectivity index (χ1v) is 10.3. The molecule has 0 radical (unpaired) electrons. The minimum atomic E-state index is -0.0332. The SMILES string of the molecule is C=CCOc1ccc(C=C2SC(=Nc3ccc(OCC)cc3)N(CC)C2=O)cc1. The van der Waals surface area contributed by atoms with Crippen LogP contribution < -0.4 is 9.47 Å². The van der Waals surface area contributed by atoms with Crippen molar-refractivity contribution < 1.29 is 14.3 Å². The second kappa shape index (κ2) is 9.98. The maximum absolute atomic E-state index is 12.8. The van der Waals surface area contributed by atoms with Crippen molar-refractivity contribution in [3.8, 4) is 11.5 Å². The van der Waals surface area contributed by atoms with Gasteiger partial charge < -0.3 is 9.47 Å². The molecule has 0 aromatic heterocycles. The quantitative estimate of drug-likeness (QED) is 0.441. The van der Waals surface area contributed by atoms with Crippen molar-refractivity contribution in [2.45, 2.75) is 13.8 Å². The Labute approximate surface area is 175 Å². The lowest BCUT2D eigenvalue weighted by atomic mass is 10.2. The molecule has 0 N–H and O–H groups in total. The molecule has 0 unspecified atom stereocenters. The fraction of sp³-hybridized carbons (Fsp3) is 0.217. The van der Waals surface area contributed by atoms with E-state index < -0.39 is 0 Å². The molecule has 1 amide bonds. The van der Waals surface area contributed by atoms with Gasteiger partial charge in [0.1, 0.15) is 18.1 Å². The molecule has 150 valence electrons. The van der Waals surface area contributed by atoms with Gasteiger partial charge in [-0.25, -0.2) is 4.99 Å². The third-order valence-electron chi connectivity index (χ3n) is 4.12. The van der Waals surface area contributed by atoms with Crippen molar-refractivity contribution in [1.82, 2.24) is 4.90 Å². The van der Waals surface area contributed by atoms with Gasteiger partial charge in [0.25, 0.3) is 5.91 Å². The van der Waals surface area contributed by atoms with Gasteiger partial charge in [-0.2, -0.15) is 0 Å². The molecule has 2 aromatic rings. The number of carbonyl (C=O) groups excluding carboxylic acids is 1. The zero-order valence-corrected chi connectivity index (χ0v) is 17.4. The predicted octanol–water partition coefficient (Wildman–Crippen LogP) is 5.27. The molecule has 1 aliphatic heterocycles. The molecule has 0 spiro atoms. The minimum Gasteiger partial charge on any atom is -0.494 e. The highest BCUT2D eigenvalue weighted by molar-refractivity contribution is 8.18. The van der Waals surface area contributed by atoms with E-state index in [1.807, 2.05) is 68.5 Å². The van der Waals surface area contributed by atoms with Crippen LogP contribution in [-0.2, 0) is 4.79 Å². The highest BCUT2D eigenvalue weighted by Gasteiger charge is 2.32. The normalized spacial score (nSPS) is 16.5. The maximum atomic E-state index is 12.8. The standard InChI is InChI=1S/C23H24N2O3S/c1-4-15-28-20-11-7-17(8-12-20)16-21-22(26)25(5-2)23(29-21)24-18-9-13-19(14-10-18)27-6-3/h4,7-14,16H,1,5-6,15H2,2-3H3. The summed E-state index contributed by atoms with van der Waals surface area (Å²) in [6.45, 7) is 9.18. The van der Waals surface area contributed by atoms with E-state index in [-0.39, 0.29) is 5.91 Å². The maximum Gasteiger partial charge on any atom is 0.266 e. The lowest BCUT2D eigenvalue weighted by Crippen LogP contribution is -2.28. The van der Waals surface area contributed by atoms with Gasteiger partial charge in [-0.15, -0.1) is 0 Å². The average molecular weight is 409 g/mol. The molecule has 1 aliphatic rings. The molecule has 2 aromatic carbocycles. The number of hydrogen-bond donors (Lipinski definition) is 0. The van der Waals surface area contributed by atoms with Crippen LogP contribution in [0, 0.1) is 0 Å². The van der Waals surface area contributed by atoms with Gasteiger partial charge in [-0.1, -0.05) is 24.8 Å². The highest BCUT2D eigenvalue weighted by atomic mass is 32.2. The number of thioether (sulfide) groups is 1. The number of likely N-dealkylation sites (N-methyl/N-ethyl adjacent to an activating group) is 1. The lowest BCUT2D eigenvalue weighted by Gasteiger charge is -2.12. The molecule has 0 saturated carbocycles. The number of benzene rings is 2. The molecular weight excluding hydrogens is 384 g/mol. The molecule has 0 aliphatic carbocycles. The second-order valence-electron chi connectivity index (χ2n) is 6.15. The van der Waals surface area contributed by atoms with Crippen molar-refractivity contribution in [3.63, 3.8) is 0 Å². The number of nitrogens with zero attached hydrogens (tertiary/aromatic N) is 2. The Kier molecular flexibility index (Phi) is 7.14. The van der Waals surface area contributed by atoms with Crippen molar-refractivity contribution >= 4 is 34.6 Å². The van der Waals surface area contributed by atoms with E-state index in [4.69, 9.17) is 9.47 Å². The Bertz CT molecular complexity index is 918. The highest BCUT2D eigenvalue weighted by Crippen LogP contribution is 2.34. The molecular formula is C23H24N2O3S. The van der Waals surface area contributed by atoms with Crippen LogP contribution in [0.25, 0.3) is 6.08 Å². The zero-order valence-electron chi connectivity index (χ0n) is 16.6. The van der Waals surface area contributed by atoms with E-state index in [9.17, 15) is 4.79 Å². The van der Waals surface area contributed by atoms with Crippen LogP contribution in [-0.4, -0.2) is 35.7 Å².